The van der Waals surface area contributed by atoms with E-state index < -0.39 is 0 Å². The fourth-order valence-corrected chi connectivity index (χ4v) is 2.85. The van der Waals surface area contributed by atoms with Gasteiger partial charge in [0.15, 0.2) is 0 Å². The number of aromatic amines is 2. The predicted molar refractivity (Wildman–Crippen MR) is 94.2 cm³/mol. The third-order valence-corrected chi connectivity index (χ3v) is 4.10. The largest absolute Gasteiger partial charge is 0.497 e. The molecule has 7 heteroatoms. The molecule has 2 heterocycles. The van der Waals surface area contributed by atoms with Crippen molar-refractivity contribution in [3.05, 3.63) is 70.7 Å². The van der Waals surface area contributed by atoms with Crippen LogP contribution in [-0.4, -0.2) is 31.8 Å². The number of aryl methyl sites for hydroxylation is 2. The zero-order chi connectivity index (χ0) is 17.2. The SMILES string of the molecule is COc1ccc(-n2c(CCc3nc4ccccc4[nH]3)n[nH]c2=O)cc1. The molecule has 25 heavy (non-hydrogen) atoms. The molecule has 0 amide bonds. The minimum Gasteiger partial charge on any atom is -0.497 e. The van der Waals surface area contributed by atoms with E-state index in [2.05, 4.69) is 20.2 Å². The lowest BCUT2D eigenvalue weighted by Crippen LogP contribution is -2.17. The Bertz CT molecular complexity index is 1030. The topological polar surface area (TPSA) is 88.6 Å². The lowest BCUT2D eigenvalue weighted by Gasteiger charge is -2.06. The number of ether oxygens (including phenoxy) is 1. The van der Waals surface area contributed by atoms with Crippen LogP contribution in [0.3, 0.4) is 0 Å². The third-order valence-electron chi connectivity index (χ3n) is 4.10. The molecule has 4 aromatic rings. The van der Waals surface area contributed by atoms with Gasteiger partial charge in [-0.3, -0.25) is 0 Å². The van der Waals surface area contributed by atoms with Crippen molar-refractivity contribution in [2.24, 2.45) is 0 Å². The van der Waals surface area contributed by atoms with E-state index in [1.165, 1.54) is 0 Å². The number of hydrogen-bond acceptors (Lipinski definition) is 4. The van der Waals surface area contributed by atoms with Crippen molar-refractivity contribution in [3.63, 3.8) is 0 Å². The van der Waals surface area contributed by atoms with Gasteiger partial charge in [-0.15, -0.1) is 0 Å². The molecule has 0 unspecified atom stereocenters. The van der Waals surface area contributed by atoms with Crippen LogP contribution in [-0.2, 0) is 12.8 Å². The summed E-state index contributed by atoms with van der Waals surface area (Å²) < 4.78 is 6.73. The fraction of sp³-hybridized carbons (Fsp3) is 0.167. The Balaban J connectivity index is 1.59. The van der Waals surface area contributed by atoms with Gasteiger partial charge in [0, 0.05) is 12.8 Å². The van der Waals surface area contributed by atoms with Crippen LogP contribution in [0, 0.1) is 0 Å². The van der Waals surface area contributed by atoms with Crippen LogP contribution in [0.5, 0.6) is 5.75 Å². The summed E-state index contributed by atoms with van der Waals surface area (Å²) >= 11 is 0. The highest BCUT2D eigenvalue weighted by Crippen LogP contribution is 2.16. The van der Waals surface area contributed by atoms with E-state index >= 15 is 0 Å². The Hall–Kier alpha value is -3.35. The summed E-state index contributed by atoms with van der Waals surface area (Å²) in [5, 5.41) is 6.68. The van der Waals surface area contributed by atoms with Crippen LogP contribution >= 0.6 is 0 Å². The first kappa shape index (κ1) is 15.2. The van der Waals surface area contributed by atoms with Gasteiger partial charge < -0.3 is 9.72 Å². The minimum absolute atomic E-state index is 0.259. The van der Waals surface area contributed by atoms with Crippen LogP contribution in [0.15, 0.2) is 53.3 Å². The van der Waals surface area contributed by atoms with Crippen LogP contribution in [0.25, 0.3) is 16.7 Å². The van der Waals surface area contributed by atoms with Crippen LogP contribution in [0.2, 0.25) is 0 Å². The standard InChI is InChI=1S/C18H17N5O2/c1-25-13-8-6-12(7-9-13)23-17(21-22-18(23)24)11-10-16-19-14-4-2-3-5-15(14)20-16/h2-9H,10-11H2,1H3,(H,19,20)(H,22,24). The van der Waals surface area contributed by atoms with Crippen molar-refractivity contribution < 1.29 is 4.74 Å². The Kier molecular flexibility index (Phi) is 3.81. The van der Waals surface area contributed by atoms with Gasteiger partial charge in [-0.2, -0.15) is 5.10 Å². The Morgan fingerprint density at radius 3 is 2.64 bits per heavy atom. The van der Waals surface area contributed by atoms with Gasteiger partial charge in [-0.05, 0) is 36.4 Å². The normalized spacial score (nSPS) is 11.1. The number of para-hydroxylation sites is 2. The van der Waals surface area contributed by atoms with E-state index in [1.807, 2.05) is 48.5 Å². The third kappa shape index (κ3) is 2.91. The van der Waals surface area contributed by atoms with Gasteiger partial charge >= 0.3 is 5.69 Å². The average molecular weight is 335 g/mol. The maximum Gasteiger partial charge on any atom is 0.347 e. The maximum atomic E-state index is 12.1. The fourth-order valence-electron chi connectivity index (χ4n) is 2.85. The second-order valence-corrected chi connectivity index (χ2v) is 5.68. The zero-order valence-corrected chi connectivity index (χ0v) is 13.7. The smallest absolute Gasteiger partial charge is 0.347 e. The molecule has 0 aliphatic carbocycles. The Labute approximate surface area is 143 Å². The number of methoxy groups -OCH3 is 1. The molecule has 0 spiro atoms. The van der Waals surface area contributed by atoms with Crippen LogP contribution in [0.4, 0.5) is 0 Å². The summed E-state index contributed by atoms with van der Waals surface area (Å²) in [4.78, 5) is 20.0. The van der Waals surface area contributed by atoms with E-state index in [0.29, 0.717) is 18.7 Å². The summed E-state index contributed by atoms with van der Waals surface area (Å²) in [6, 6.07) is 15.2. The molecule has 2 aromatic heterocycles. The maximum absolute atomic E-state index is 12.1. The Morgan fingerprint density at radius 2 is 1.88 bits per heavy atom. The molecule has 0 bridgehead atoms. The van der Waals surface area contributed by atoms with Gasteiger partial charge in [-0.1, -0.05) is 12.1 Å². The van der Waals surface area contributed by atoms with E-state index in [1.54, 1.807) is 11.7 Å². The summed E-state index contributed by atoms with van der Waals surface area (Å²) in [6.45, 7) is 0. The summed E-state index contributed by atoms with van der Waals surface area (Å²) in [5.74, 6) is 2.28. The van der Waals surface area contributed by atoms with Crippen molar-refractivity contribution in [2.75, 3.05) is 7.11 Å². The molecule has 7 nitrogen and oxygen atoms in total. The van der Waals surface area contributed by atoms with Crippen LogP contribution in [0.1, 0.15) is 11.6 Å². The highest BCUT2D eigenvalue weighted by molar-refractivity contribution is 5.74. The molecule has 4 rings (SSSR count). The highest BCUT2D eigenvalue weighted by atomic mass is 16.5. The van der Waals surface area contributed by atoms with E-state index in [4.69, 9.17) is 4.74 Å². The van der Waals surface area contributed by atoms with Gasteiger partial charge in [0.05, 0.1) is 23.8 Å². The van der Waals surface area contributed by atoms with Gasteiger partial charge in [0.25, 0.3) is 0 Å². The molecule has 0 radical (unpaired) electrons. The quantitative estimate of drug-likeness (QED) is 0.585. The van der Waals surface area contributed by atoms with Crippen LogP contribution < -0.4 is 10.4 Å². The molecule has 0 aliphatic rings. The first-order valence-electron chi connectivity index (χ1n) is 7.99. The summed E-state index contributed by atoms with van der Waals surface area (Å²) in [6.07, 6.45) is 1.25. The number of fused-ring (bicyclic) bond motifs is 1. The van der Waals surface area contributed by atoms with Crippen molar-refractivity contribution >= 4 is 11.0 Å². The number of nitrogens with zero attached hydrogens (tertiary/aromatic N) is 3. The number of H-pyrrole nitrogens is 2. The molecular formula is C18H17N5O2. The van der Waals surface area contributed by atoms with Gasteiger partial charge in [-0.25, -0.2) is 19.4 Å². The number of imidazole rings is 1. The molecule has 0 aliphatic heterocycles. The predicted octanol–water partition coefficient (Wildman–Crippen LogP) is 2.23. The van der Waals surface area contributed by atoms with Crippen molar-refractivity contribution in [1.29, 1.82) is 0 Å². The second-order valence-electron chi connectivity index (χ2n) is 5.68. The lowest BCUT2D eigenvalue weighted by molar-refractivity contribution is 0.414. The van der Waals surface area contributed by atoms with Gasteiger partial charge in [0.2, 0.25) is 0 Å². The number of nitrogens with one attached hydrogen (secondary N) is 2. The zero-order valence-electron chi connectivity index (χ0n) is 13.7. The molecule has 126 valence electrons. The number of benzene rings is 2. The monoisotopic (exact) mass is 335 g/mol. The van der Waals surface area contributed by atoms with E-state index in [9.17, 15) is 4.79 Å². The summed E-state index contributed by atoms with van der Waals surface area (Å²) in [5.41, 5.74) is 2.43. The molecule has 0 fully saturated rings. The molecule has 0 saturated carbocycles. The average Bonchev–Trinajstić information content (AvgIpc) is 3.23. The van der Waals surface area contributed by atoms with E-state index in [-0.39, 0.29) is 5.69 Å². The lowest BCUT2D eigenvalue weighted by atomic mass is 10.2. The van der Waals surface area contributed by atoms with Crippen molar-refractivity contribution in [2.45, 2.75) is 12.8 Å². The second kappa shape index (κ2) is 6.27. The number of hydrogen-bond donors (Lipinski definition) is 2. The van der Waals surface area contributed by atoms with Crippen molar-refractivity contribution in [1.82, 2.24) is 24.7 Å². The minimum atomic E-state index is -0.259. The molecule has 2 N–H and O–H groups in total. The van der Waals surface area contributed by atoms with Crippen molar-refractivity contribution in [3.8, 4) is 11.4 Å². The summed E-state index contributed by atoms with van der Waals surface area (Å²) in [7, 11) is 1.61. The van der Waals surface area contributed by atoms with Gasteiger partial charge in [0.1, 0.15) is 17.4 Å². The number of aromatic nitrogens is 5. The first-order valence-corrected chi connectivity index (χ1v) is 7.99. The highest BCUT2D eigenvalue weighted by Gasteiger charge is 2.12. The Morgan fingerprint density at radius 1 is 1.08 bits per heavy atom. The molecule has 0 saturated heterocycles. The molecule has 2 aromatic carbocycles. The first-order chi connectivity index (χ1) is 12.2. The molecule has 0 atom stereocenters. The van der Waals surface area contributed by atoms with E-state index in [0.717, 1.165) is 28.3 Å². The molecular weight excluding hydrogens is 318 g/mol. The number of rotatable bonds is 5.